The second kappa shape index (κ2) is 9.82. The van der Waals surface area contributed by atoms with Crippen molar-refractivity contribution < 1.29 is 4.74 Å². The SMILES string of the molecule is C.CCCc1ccc(OCCCN2CCCCC2)cc1. The van der Waals surface area contributed by atoms with Gasteiger partial charge in [-0.25, -0.2) is 0 Å². The Kier molecular flexibility index (Phi) is 8.36. The van der Waals surface area contributed by atoms with Crippen LogP contribution in [0.3, 0.4) is 0 Å². The molecule has 0 N–H and O–H groups in total. The molecule has 0 saturated carbocycles. The first kappa shape index (κ1) is 17.0. The summed E-state index contributed by atoms with van der Waals surface area (Å²) in [5.41, 5.74) is 1.41. The largest absolute Gasteiger partial charge is 0.494 e. The van der Waals surface area contributed by atoms with E-state index in [0.717, 1.165) is 25.2 Å². The van der Waals surface area contributed by atoms with E-state index >= 15 is 0 Å². The summed E-state index contributed by atoms with van der Waals surface area (Å²) in [6.07, 6.45) is 7.67. The van der Waals surface area contributed by atoms with Gasteiger partial charge in [-0.1, -0.05) is 39.3 Å². The average molecular weight is 277 g/mol. The second-order valence-corrected chi connectivity index (χ2v) is 5.50. The van der Waals surface area contributed by atoms with Crippen molar-refractivity contribution in [1.29, 1.82) is 0 Å². The summed E-state index contributed by atoms with van der Waals surface area (Å²) in [5, 5.41) is 0. The Bertz CT molecular complexity index is 341. The van der Waals surface area contributed by atoms with E-state index in [2.05, 4.69) is 36.1 Å². The summed E-state index contributed by atoms with van der Waals surface area (Å²) in [4.78, 5) is 2.57. The summed E-state index contributed by atoms with van der Waals surface area (Å²) in [6, 6.07) is 8.57. The fourth-order valence-corrected chi connectivity index (χ4v) is 2.70. The summed E-state index contributed by atoms with van der Waals surface area (Å²) in [7, 11) is 0. The predicted octanol–water partition coefficient (Wildman–Crippen LogP) is 4.53. The molecule has 0 aromatic heterocycles. The summed E-state index contributed by atoms with van der Waals surface area (Å²) in [5.74, 6) is 1.01. The van der Waals surface area contributed by atoms with Crippen LogP contribution in [0, 0.1) is 0 Å². The normalized spacial score (nSPS) is 15.7. The number of hydrogen-bond acceptors (Lipinski definition) is 2. The van der Waals surface area contributed by atoms with Gasteiger partial charge < -0.3 is 9.64 Å². The number of nitrogens with zero attached hydrogens (tertiary/aromatic N) is 1. The molecule has 1 heterocycles. The van der Waals surface area contributed by atoms with Crippen molar-refractivity contribution in [2.24, 2.45) is 0 Å². The average Bonchev–Trinajstić information content (AvgIpc) is 2.47. The number of ether oxygens (including phenoxy) is 1. The number of hydrogen-bond donors (Lipinski definition) is 0. The van der Waals surface area contributed by atoms with Gasteiger partial charge in [0.25, 0.3) is 0 Å². The topological polar surface area (TPSA) is 12.5 Å². The molecule has 114 valence electrons. The van der Waals surface area contributed by atoms with Crippen molar-refractivity contribution in [2.75, 3.05) is 26.2 Å². The van der Waals surface area contributed by atoms with E-state index < -0.39 is 0 Å². The molecular weight excluding hydrogens is 246 g/mol. The van der Waals surface area contributed by atoms with Crippen LogP contribution in [0.4, 0.5) is 0 Å². The van der Waals surface area contributed by atoms with Gasteiger partial charge in [0.1, 0.15) is 5.75 Å². The number of aryl methyl sites for hydroxylation is 1. The predicted molar refractivity (Wildman–Crippen MR) is 87.6 cm³/mol. The number of rotatable bonds is 7. The molecule has 1 aromatic carbocycles. The first-order valence-corrected chi connectivity index (χ1v) is 7.82. The Balaban J connectivity index is 0.00000200. The molecule has 2 heteroatoms. The van der Waals surface area contributed by atoms with Crippen LogP contribution in [0.5, 0.6) is 5.75 Å². The maximum Gasteiger partial charge on any atom is 0.119 e. The Labute approximate surface area is 125 Å². The van der Waals surface area contributed by atoms with Gasteiger partial charge in [-0.05, 0) is 56.5 Å². The third kappa shape index (κ3) is 5.96. The third-order valence-corrected chi connectivity index (χ3v) is 3.80. The monoisotopic (exact) mass is 277 g/mol. The van der Waals surface area contributed by atoms with Crippen LogP contribution in [-0.4, -0.2) is 31.1 Å². The van der Waals surface area contributed by atoms with Crippen molar-refractivity contribution in [3.8, 4) is 5.75 Å². The lowest BCUT2D eigenvalue weighted by Crippen LogP contribution is -2.31. The van der Waals surface area contributed by atoms with E-state index in [4.69, 9.17) is 4.74 Å². The van der Waals surface area contributed by atoms with E-state index in [0.29, 0.717) is 0 Å². The van der Waals surface area contributed by atoms with Crippen molar-refractivity contribution >= 4 is 0 Å². The molecule has 1 aliphatic rings. The van der Waals surface area contributed by atoms with Crippen LogP contribution in [0.15, 0.2) is 24.3 Å². The molecule has 0 atom stereocenters. The van der Waals surface area contributed by atoms with Gasteiger partial charge in [0.15, 0.2) is 0 Å². The van der Waals surface area contributed by atoms with Gasteiger partial charge in [0.05, 0.1) is 6.61 Å². The molecular formula is C18H31NO. The quantitative estimate of drug-likeness (QED) is 0.679. The molecule has 1 aromatic rings. The molecule has 0 unspecified atom stereocenters. The standard InChI is InChI=1S/C17H27NO.CH4/c1-2-7-16-8-10-17(11-9-16)19-15-6-14-18-12-4-3-5-13-18;/h8-11H,2-7,12-15H2,1H3;1H4. The highest BCUT2D eigenvalue weighted by Crippen LogP contribution is 2.14. The first-order chi connectivity index (χ1) is 9.38. The van der Waals surface area contributed by atoms with Crippen LogP contribution in [-0.2, 0) is 6.42 Å². The Morgan fingerprint density at radius 3 is 2.40 bits per heavy atom. The molecule has 0 amide bonds. The van der Waals surface area contributed by atoms with Crippen LogP contribution >= 0.6 is 0 Å². The van der Waals surface area contributed by atoms with Gasteiger partial charge in [-0.2, -0.15) is 0 Å². The summed E-state index contributed by atoms with van der Waals surface area (Å²) < 4.78 is 5.80. The minimum atomic E-state index is 0. The Morgan fingerprint density at radius 1 is 1.05 bits per heavy atom. The van der Waals surface area contributed by atoms with Crippen molar-refractivity contribution in [1.82, 2.24) is 4.90 Å². The minimum Gasteiger partial charge on any atom is -0.494 e. The van der Waals surface area contributed by atoms with Crippen LogP contribution in [0.1, 0.15) is 52.0 Å². The summed E-state index contributed by atoms with van der Waals surface area (Å²) >= 11 is 0. The van der Waals surface area contributed by atoms with E-state index in [-0.39, 0.29) is 7.43 Å². The maximum atomic E-state index is 5.80. The lowest BCUT2D eigenvalue weighted by atomic mass is 10.1. The lowest BCUT2D eigenvalue weighted by molar-refractivity contribution is 0.205. The molecule has 1 saturated heterocycles. The Hall–Kier alpha value is -1.02. The van der Waals surface area contributed by atoms with Gasteiger partial charge in [-0.3, -0.25) is 0 Å². The van der Waals surface area contributed by atoms with Gasteiger partial charge in [0, 0.05) is 6.54 Å². The first-order valence-electron chi connectivity index (χ1n) is 7.82. The second-order valence-electron chi connectivity index (χ2n) is 5.50. The maximum absolute atomic E-state index is 5.80. The van der Waals surface area contributed by atoms with Crippen molar-refractivity contribution in [2.45, 2.75) is 52.9 Å². The van der Waals surface area contributed by atoms with Gasteiger partial charge in [0.2, 0.25) is 0 Å². The molecule has 20 heavy (non-hydrogen) atoms. The Morgan fingerprint density at radius 2 is 1.75 bits per heavy atom. The number of piperidine rings is 1. The molecule has 0 spiro atoms. The fourth-order valence-electron chi connectivity index (χ4n) is 2.70. The van der Waals surface area contributed by atoms with E-state index in [9.17, 15) is 0 Å². The zero-order valence-electron chi connectivity index (χ0n) is 12.2. The zero-order valence-corrected chi connectivity index (χ0v) is 12.2. The zero-order chi connectivity index (χ0) is 13.3. The van der Waals surface area contributed by atoms with E-state index in [1.54, 1.807) is 0 Å². The van der Waals surface area contributed by atoms with Gasteiger partial charge in [-0.15, -0.1) is 0 Å². The number of benzene rings is 1. The smallest absolute Gasteiger partial charge is 0.119 e. The molecule has 1 aliphatic heterocycles. The molecule has 2 nitrogen and oxygen atoms in total. The summed E-state index contributed by atoms with van der Waals surface area (Å²) in [6.45, 7) is 6.81. The highest BCUT2D eigenvalue weighted by atomic mass is 16.5. The van der Waals surface area contributed by atoms with Crippen LogP contribution in [0.25, 0.3) is 0 Å². The highest BCUT2D eigenvalue weighted by molar-refractivity contribution is 5.27. The molecule has 0 bridgehead atoms. The van der Waals surface area contributed by atoms with Crippen molar-refractivity contribution in [3.63, 3.8) is 0 Å². The van der Waals surface area contributed by atoms with Crippen LogP contribution < -0.4 is 4.74 Å². The third-order valence-electron chi connectivity index (χ3n) is 3.80. The molecule has 0 radical (unpaired) electrons. The van der Waals surface area contributed by atoms with Crippen molar-refractivity contribution in [3.05, 3.63) is 29.8 Å². The fraction of sp³-hybridized carbons (Fsp3) is 0.667. The van der Waals surface area contributed by atoms with Gasteiger partial charge >= 0.3 is 0 Å². The number of likely N-dealkylation sites (tertiary alicyclic amines) is 1. The molecule has 0 aliphatic carbocycles. The minimum absolute atomic E-state index is 0. The van der Waals surface area contributed by atoms with E-state index in [1.165, 1.54) is 50.9 Å². The highest BCUT2D eigenvalue weighted by Gasteiger charge is 2.08. The lowest BCUT2D eigenvalue weighted by Gasteiger charge is -2.26. The van der Waals surface area contributed by atoms with Crippen LogP contribution in [0.2, 0.25) is 0 Å². The van der Waals surface area contributed by atoms with E-state index in [1.807, 2.05) is 0 Å². The molecule has 2 rings (SSSR count). The molecule has 1 fully saturated rings.